The quantitative estimate of drug-likeness (QED) is 0.722. The van der Waals surface area contributed by atoms with Crippen LogP contribution in [0.1, 0.15) is 5.56 Å². The SMILES string of the molecule is N#Cc1ccc(Sc2nc3ccc(N)cc3o2)c(Cl)c1. The van der Waals surface area contributed by atoms with Gasteiger partial charge in [0.25, 0.3) is 5.22 Å². The van der Waals surface area contributed by atoms with Crippen LogP contribution >= 0.6 is 23.4 Å². The molecule has 0 atom stereocenters. The number of nitrogen functional groups attached to an aromatic ring is 1. The third-order valence-electron chi connectivity index (χ3n) is 2.65. The molecule has 0 saturated heterocycles. The summed E-state index contributed by atoms with van der Waals surface area (Å²) in [6.45, 7) is 0. The van der Waals surface area contributed by atoms with Crippen molar-refractivity contribution in [1.82, 2.24) is 4.98 Å². The van der Waals surface area contributed by atoms with E-state index in [0.29, 0.717) is 27.1 Å². The number of nitriles is 1. The summed E-state index contributed by atoms with van der Waals surface area (Å²) < 4.78 is 5.61. The second-order valence-corrected chi connectivity index (χ2v) is 5.47. The molecule has 1 heterocycles. The van der Waals surface area contributed by atoms with E-state index in [4.69, 9.17) is 27.0 Å². The maximum absolute atomic E-state index is 8.81. The number of rotatable bonds is 2. The van der Waals surface area contributed by atoms with Gasteiger partial charge in [0.05, 0.1) is 16.7 Å². The van der Waals surface area contributed by atoms with E-state index in [2.05, 4.69) is 4.98 Å². The molecule has 6 heteroatoms. The van der Waals surface area contributed by atoms with Gasteiger partial charge in [0.15, 0.2) is 5.58 Å². The summed E-state index contributed by atoms with van der Waals surface area (Å²) in [5.74, 6) is 0. The minimum absolute atomic E-state index is 0.484. The molecule has 2 aromatic carbocycles. The van der Waals surface area contributed by atoms with Gasteiger partial charge in [-0.1, -0.05) is 11.6 Å². The number of nitrogens with two attached hydrogens (primary N) is 1. The standard InChI is InChI=1S/C14H8ClN3OS/c15-10-5-8(7-16)1-4-13(10)20-14-18-11-3-2-9(17)6-12(11)19-14/h1-6H,17H2. The molecule has 2 N–H and O–H groups in total. The molecule has 98 valence electrons. The van der Waals surface area contributed by atoms with Crippen molar-refractivity contribution in [1.29, 1.82) is 5.26 Å². The third kappa shape index (κ3) is 2.44. The van der Waals surface area contributed by atoms with E-state index in [1.165, 1.54) is 11.8 Å². The number of oxazole rings is 1. The minimum atomic E-state index is 0.484. The maximum Gasteiger partial charge on any atom is 0.261 e. The largest absolute Gasteiger partial charge is 0.431 e. The average Bonchev–Trinajstić information content (AvgIpc) is 2.82. The second kappa shape index (κ2) is 5.08. The van der Waals surface area contributed by atoms with Crippen molar-refractivity contribution in [3.8, 4) is 6.07 Å². The Labute approximate surface area is 124 Å². The van der Waals surface area contributed by atoms with Crippen molar-refractivity contribution in [3.05, 3.63) is 47.0 Å². The molecule has 0 fully saturated rings. The van der Waals surface area contributed by atoms with Crippen LogP contribution in [0.25, 0.3) is 11.1 Å². The number of hydrogen-bond acceptors (Lipinski definition) is 5. The van der Waals surface area contributed by atoms with E-state index >= 15 is 0 Å². The lowest BCUT2D eigenvalue weighted by Gasteiger charge is -2.00. The van der Waals surface area contributed by atoms with Crippen molar-refractivity contribution in [2.75, 3.05) is 5.73 Å². The predicted molar refractivity (Wildman–Crippen MR) is 78.7 cm³/mol. The Balaban J connectivity index is 1.95. The van der Waals surface area contributed by atoms with E-state index in [-0.39, 0.29) is 0 Å². The van der Waals surface area contributed by atoms with Crippen molar-refractivity contribution in [3.63, 3.8) is 0 Å². The fourth-order valence-corrected chi connectivity index (χ4v) is 2.76. The van der Waals surface area contributed by atoms with E-state index in [1.807, 2.05) is 6.07 Å². The van der Waals surface area contributed by atoms with Crippen LogP contribution in [0.4, 0.5) is 5.69 Å². The van der Waals surface area contributed by atoms with Crippen LogP contribution < -0.4 is 5.73 Å². The molecular formula is C14H8ClN3OS. The van der Waals surface area contributed by atoms with Crippen molar-refractivity contribution in [2.24, 2.45) is 0 Å². The summed E-state index contributed by atoms with van der Waals surface area (Å²) in [5.41, 5.74) is 8.22. The Morgan fingerprint density at radius 2 is 2.10 bits per heavy atom. The third-order valence-corrected chi connectivity index (χ3v) is 4.00. The van der Waals surface area contributed by atoms with Gasteiger partial charge in [-0.25, -0.2) is 4.98 Å². The van der Waals surface area contributed by atoms with Crippen molar-refractivity contribution < 1.29 is 4.42 Å². The maximum atomic E-state index is 8.81. The summed E-state index contributed by atoms with van der Waals surface area (Å²) in [7, 11) is 0. The van der Waals surface area contributed by atoms with Gasteiger partial charge in [-0.15, -0.1) is 0 Å². The first-order chi connectivity index (χ1) is 9.65. The number of fused-ring (bicyclic) bond motifs is 1. The molecule has 0 radical (unpaired) electrons. The average molecular weight is 302 g/mol. The second-order valence-electron chi connectivity index (χ2n) is 4.07. The molecule has 20 heavy (non-hydrogen) atoms. The molecule has 0 aliphatic rings. The van der Waals surface area contributed by atoms with Gasteiger partial charge in [0, 0.05) is 16.6 Å². The smallest absolute Gasteiger partial charge is 0.261 e. The summed E-state index contributed by atoms with van der Waals surface area (Å²) in [4.78, 5) is 5.13. The summed E-state index contributed by atoms with van der Waals surface area (Å²) in [6.07, 6.45) is 0. The van der Waals surface area contributed by atoms with Crippen LogP contribution in [0.2, 0.25) is 5.02 Å². The normalized spacial score (nSPS) is 10.6. The van der Waals surface area contributed by atoms with Gasteiger partial charge < -0.3 is 10.2 Å². The Morgan fingerprint density at radius 1 is 1.25 bits per heavy atom. The Kier molecular flexibility index (Phi) is 3.26. The van der Waals surface area contributed by atoms with Crippen LogP contribution in [-0.2, 0) is 0 Å². The van der Waals surface area contributed by atoms with Gasteiger partial charge in [-0.3, -0.25) is 0 Å². The first-order valence-electron chi connectivity index (χ1n) is 5.69. The molecule has 1 aromatic heterocycles. The van der Waals surface area contributed by atoms with Crippen LogP contribution in [0.3, 0.4) is 0 Å². The van der Waals surface area contributed by atoms with Gasteiger partial charge in [-0.05, 0) is 42.1 Å². The fourth-order valence-electron chi connectivity index (χ4n) is 1.71. The van der Waals surface area contributed by atoms with Gasteiger partial charge in [-0.2, -0.15) is 5.26 Å². The molecule has 0 spiro atoms. The van der Waals surface area contributed by atoms with Gasteiger partial charge in [0.2, 0.25) is 0 Å². The number of halogens is 1. The highest BCUT2D eigenvalue weighted by Gasteiger charge is 2.10. The van der Waals surface area contributed by atoms with E-state index in [0.717, 1.165) is 10.4 Å². The Hall–Kier alpha value is -2.16. The summed E-state index contributed by atoms with van der Waals surface area (Å²) in [6, 6.07) is 12.4. The first kappa shape index (κ1) is 12.9. The van der Waals surface area contributed by atoms with Crippen LogP contribution in [-0.4, -0.2) is 4.98 Å². The molecule has 3 rings (SSSR count). The molecule has 0 aliphatic heterocycles. The predicted octanol–water partition coefficient (Wildman–Crippen LogP) is 4.09. The van der Waals surface area contributed by atoms with Crippen molar-refractivity contribution >= 4 is 40.1 Å². The molecule has 0 aliphatic carbocycles. The molecule has 0 amide bonds. The van der Waals surface area contributed by atoms with Crippen LogP contribution in [0.5, 0.6) is 0 Å². The molecule has 4 nitrogen and oxygen atoms in total. The Bertz CT molecular complexity index is 838. The lowest BCUT2D eigenvalue weighted by Crippen LogP contribution is -1.81. The Morgan fingerprint density at radius 3 is 2.85 bits per heavy atom. The van der Waals surface area contributed by atoms with E-state index < -0.39 is 0 Å². The topological polar surface area (TPSA) is 75.8 Å². The van der Waals surface area contributed by atoms with Crippen LogP contribution in [0, 0.1) is 11.3 Å². The van der Waals surface area contributed by atoms with E-state index in [1.54, 1.807) is 36.4 Å². The molecule has 0 saturated carbocycles. The highest BCUT2D eigenvalue weighted by Crippen LogP contribution is 2.35. The van der Waals surface area contributed by atoms with Gasteiger partial charge in [0.1, 0.15) is 5.52 Å². The molecular weight excluding hydrogens is 294 g/mol. The lowest BCUT2D eigenvalue weighted by atomic mass is 10.2. The number of aromatic nitrogens is 1. The summed E-state index contributed by atoms with van der Waals surface area (Å²) in [5, 5.41) is 9.79. The van der Waals surface area contributed by atoms with Gasteiger partial charge >= 0.3 is 0 Å². The lowest BCUT2D eigenvalue weighted by molar-refractivity contribution is 0.489. The fraction of sp³-hybridized carbons (Fsp3) is 0. The highest BCUT2D eigenvalue weighted by atomic mass is 35.5. The zero-order chi connectivity index (χ0) is 14.1. The number of hydrogen-bond donors (Lipinski definition) is 1. The number of nitrogens with zero attached hydrogens (tertiary/aromatic N) is 2. The number of benzene rings is 2. The minimum Gasteiger partial charge on any atom is -0.431 e. The highest BCUT2D eigenvalue weighted by molar-refractivity contribution is 7.99. The van der Waals surface area contributed by atoms with Crippen molar-refractivity contribution in [2.45, 2.75) is 10.1 Å². The first-order valence-corrected chi connectivity index (χ1v) is 6.89. The molecule has 0 bridgehead atoms. The summed E-state index contributed by atoms with van der Waals surface area (Å²) >= 11 is 7.43. The van der Waals surface area contributed by atoms with E-state index in [9.17, 15) is 0 Å². The van der Waals surface area contributed by atoms with Crippen LogP contribution in [0.15, 0.2) is 50.9 Å². The zero-order valence-electron chi connectivity index (χ0n) is 10.1. The molecule has 3 aromatic rings. The monoisotopic (exact) mass is 301 g/mol. The number of anilines is 1. The molecule has 0 unspecified atom stereocenters. The zero-order valence-corrected chi connectivity index (χ0v) is 11.7.